The highest BCUT2D eigenvalue weighted by molar-refractivity contribution is 5.63. The van der Waals surface area contributed by atoms with Crippen LogP contribution in [0.2, 0.25) is 0 Å². The van der Waals surface area contributed by atoms with Crippen LogP contribution in [-0.4, -0.2) is 0 Å². The zero-order valence-corrected chi connectivity index (χ0v) is 22.6. The lowest BCUT2D eigenvalue weighted by atomic mass is 9.58. The summed E-state index contributed by atoms with van der Waals surface area (Å²) >= 11 is 0. The van der Waals surface area contributed by atoms with Crippen LogP contribution >= 0.6 is 0 Å². The van der Waals surface area contributed by atoms with Gasteiger partial charge in [-0.1, -0.05) is 64.3 Å². The summed E-state index contributed by atoms with van der Waals surface area (Å²) in [6, 6.07) is 0. The van der Waals surface area contributed by atoms with Crippen molar-refractivity contribution in [2.75, 3.05) is 0 Å². The van der Waals surface area contributed by atoms with Crippen LogP contribution < -0.4 is 0 Å². The van der Waals surface area contributed by atoms with Gasteiger partial charge in [-0.3, -0.25) is 0 Å². The minimum absolute atomic E-state index is 0.539. The lowest BCUT2D eigenvalue weighted by Crippen LogP contribution is -2.32. The fourth-order valence-electron chi connectivity index (χ4n) is 8.31. The first-order valence-electron chi connectivity index (χ1n) is 14.2. The van der Waals surface area contributed by atoms with Crippen LogP contribution in [0.3, 0.4) is 0 Å². The second kappa shape index (κ2) is 8.95. The van der Waals surface area contributed by atoms with Gasteiger partial charge in [-0.25, -0.2) is 0 Å². The molecule has 0 saturated carbocycles. The van der Waals surface area contributed by atoms with E-state index in [9.17, 15) is 0 Å². The molecule has 0 radical (unpaired) electrons. The predicted molar refractivity (Wildman–Crippen MR) is 150 cm³/mol. The molecule has 0 aliphatic heterocycles. The van der Waals surface area contributed by atoms with Gasteiger partial charge in [0.1, 0.15) is 0 Å². The maximum Gasteiger partial charge on any atom is 0.0135 e. The summed E-state index contributed by atoms with van der Waals surface area (Å²) in [6.07, 6.45) is 25.9. The molecule has 3 unspecified atom stereocenters. The highest BCUT2D eigenvalue weighted by Gasteiger charge is 2.42. The first-order chi connectivity index (χ1) is 16.9. The molecule has 0 amide bonds. The topological polar surface area (TPSA) is 0 Å². The van der Waals surface area contributed by atoms with Crippen molar-refractivity contribution in [3.63, 3.8) is 0 Å². The van der Waals surface area contributed by atoms with E-state index < -0.39 is 0 Å². The molecular formula is C35H42. The monoisotopic (exact) mass is 462 g/mol. The molecule has 182 valence electrons. The van der Waals surface area contributed by atoms with Crippen LogP contribution in [0.1, 0.15) is 92.4 Å². The summed E-state index contributed by atoms with van der Waals surface area (Å²) in [7, 11) is 0. The maximum atomic E-state index is 2.60. The van der Waals surface area contributed by atoms with Gasteiger partial charge in [-0.05, 0) is 143 Å². The van der Waals surface area contributed by atoms with E-state index in [4.69, 9.17) is 0 Å². The lowest BCUT2D eigenvalue weighted by molar-refractivity contribution is 0.402. The molecule has 0 aromatic heterocycles. The van der Waals surface area contributed by atoms with Gasteiger partial charge in [0.2, 0.25) is 0 Å². The Morgan fingerprint density at radius 2 is 1.40 bits per heavy atom. The van der Waals surface area contributed by atoms with Crippen LogP contribution in [0.4, 0.5) is 0 Å². The van der Waals surface area contributed by atoms with Gasteiger partial charge >= 0.3 is 0 Å². The summed E-state index contributed by atoms with van der Waals surface area (Å²) in [5, 5.41) is 0. The Morgan fingerprint density at radius 3 is 2.11 bits per heavy atom. The Kier molecular flexibility index (Phi) is 5.90. The molecule has 35 heavy (non-hydrogen) atoms. The minimum atomic E-state index is 0.539. The molecule has 0 aromatic carbocycles. The maximum absolute atomic E-state index is 2.60. The molecular weight excluding hydrogens is 420 g/mol. The lowest BCUT2D eigenvalue weighted by Gasteiger charge is -2.46. The number of fused-ring (bicyclic) bond motifs is 3. The third-order valence-corrected chi connectivity index (χ3v) is 9.92. The fraction of sp³-hybridized carbons (Fsp3) is 0.486. The Morgan fingerprint density at radius 1 is 0.686 bits per heavy atom. The van der Waals surface area contributed by atoms with Crippen molar-refractivity contribution in [3.05, 3.63) is 103 Å². The number of hydrogen-bond acceptors (Lipinski definition) is 0. The molecule has 0 nitrogen and oxygen atoms in total. The van der Waals surface area contributed by atoms with Crippen molar-refractivity contribution < 1.29 is 0 Å². The van der Waals surface area contributed by atoms with Crippen molar-refractivity contribution in [1.29, 1.82) is 0 Å². The van der Waals surface area contributed by atoms with Crippen molar-refractivity contribution in [3.8, 4) is 0 Å². The second-order valence-corrected chi connectivity index (χ2v) is 12.1. The van der Waals surface area contributed by atoms with E-state index in [0.29, 0.717) is 17.8 Å². The SMILES string of the molecule is CC1=CC2=C(CC1)C1=C(CC2C2=C(C)CCC=C2C)C2=CC=CCC2C(C2=C(C)CCC=C2C)C1. The van der Waals surface area contributed by atoms with Gasteiger partial charge < -0.3 is 0 Å². The zero-order valence-electron chi connectivity index (χ0n) is 22.6. The first-order valence-corrected chi connectivity index (χ1v) is 14.2. The molecule has 0 heteroatoms. The fourth-order valence-corrected chi connectivity index (χ4v) is 8.31. The van der Waals surface area contributed by atoms with Crippen LogP contribution in [0.15, 0.2) is 103 Å². The largest absolute Gasteiger partial charge is 0.0839 e. The second-order valence-electron chi connectivity index (χ2n) is 12.1. The summed E-state index contributed by atoms with van der Waals surface area (Å²) in [5.74, 6) is 1.82. The molecule has 6 aliphatic rings. The Labute approximate surface area is 213 Å². The molecule has 6 rings (SSSR count). The Hall–Kier alpha value is -2.34. The van der Waals surface area contributed by atoms with Gasteiger partial charge in [-0.15, -0.1) is 0 Å². The van der Waals surface area contributed by atoms with E-state index in [0.717, 1.165) is 0 Å². The van der Waals surface area contributed by atoms with Crippen LogP contribution in [0.5, 0.6) is 0 Å². The molecule has 0 bridgehead atoms. The van der Waals surface area contributed by atoms with E-state index in [-0.39, 0.29) is 0 Å². The van der Waals surface area contributed by atoms with Gasteiger partial charge in [0.15, 0.2) is 0 Å². The zero-order chi connectivity index (χ0) is 24.3. The van der Waals surface area contributed by atoms with Crippen molar-refractivity contribution in [1.82, 2.24) is 0 Å². The summed E-state index contributed by atoms with van der Waals surface area (Å²) in [6.45, 7) is 11.9. The minimum Gasteiger partial charge on any atom is -0.0839 e. The number of allylic oxidation sites excluding steroid dienone is 18. The van der Waals surface area contributed by atoms with E-state index in [1.807, 2.05) is 0 Å². The van der Waals surface area contributed by atoms with E-state index in [1.54, 1.807) is 61.3 Å². The van der Waals surface area contributed by atoms with Crippen LogP contribution in [-0.2, 0) is 0 Å². The summed E-state index contributed by atoms with van der Waals surface area (Å²) in [5.41, 5.74) is 19.8. The molecule has 0 aromatic rings. The summed E-state index contributed by atoms with van der Waals surface area (Å²) < 4.78 is 0. The number of hydrogen-bond donors (Lipinski definition) is 0. The van der Waals surface area contributed by atoms with Gasteiger partial charge in [0.05, 0.1) is 0 Å². The molecule has 0 spiro atoms. The van der Waals surface area contributed by atoms with Gasteiger partial charge in [0.25, 0.3) is 0 Å². The van der Waals surface area contributed by atoms with Crippen LogP contribution in [0, 0.1) is 17.8 Å². The van der Waals surface area contributed by atoms with Crippen LogP contribution in [0.25, 0.3) is 0 Å². The predicted octanol–water partition coefficient (Wildman–Crippen LogP) is 9.98. The van der Waals surface area contributed by atoms with Crippen molar-refractivity contribution in [2.24, 2.45) is 17.8 Å². The molecule has 0 heterocycles. The molecule has 0 saturated heterocycles. The van der Waals surface area contributed by atoms with E-state index in [1.165, 1.54) is 63.4 Å². The van der Waals surface area contributed by atoms with Crippen molar-refractivity contribution >= 4 is 0 Å². The normalized spacial score (nSPS) is 30.9. The third kappa shape index (κ3) is 3.80. The molecule has 0 fully saturated rings. The molecule has 0 N–H and O–H groups in total. The molecule has 3 atom stereocenters. The third-order valence-electron chi connectivity index (χ3n) is 9.92. The van der Waals surface area contributed by atoms with Crippen molar-refractivity contribution in [2.45, 2.75) is 92.4 Å². The standard InChI is InChI=1S/C35H42/c1-21-16-17-28-29(18-21)33(35-24(4)12-9-13-25(35)5)20-30-26-14-6-7-15-27(26)32(19-31(28)30)34-22(2)10-8-11-23(34)3/h6-7,10,12,14,18,27,32-33H,8-9,11,13,15-17,19-20H2,1-5H3. The highest BCUT2D eigenvalue weighted by atomic mass is 14.5. The smallest absolute Gasteiger partial charge is 0.0135 e. The Bertz CT molecular complexity index is 1250. The van der Waals surface area contributed by atoms with E-state index in [2.05, 4.69) is 71.1 Å². The average molecular weight is 463 g/mol. The van der Waals surface area contributed by atoms with E-state index >= 15 is 0 Å². The highest BCUT2D eigenvalue weighted by Crippen LogP contribution is 2.57. The Balaban J connectivity index is 1.52. The average Bonchev–Trinajstić information content (AvgIpc) is 2.84. The van der Waals surface area contributed by atoms with Gasteiger partial charge in [-0.2, -0.15) is 0 Å². The van der Waals surface area contributed by atoms with Gasteiger partial charge in [0, 0.05) is 5.92 Å². The number of rotatable bonds is 2. The first kappa shape index (κ1) is 23.1. The molecule has 6 aliphatic carbocycles. The summed E-state index contributed by atoms with van der Waals surface area (Å²) in [4.78, 5) is 0. The quantitative estimate of drug-likeness (QED) is 0.383.